The molecule has 0 spiro atoms. The summed E-state index contributed by atoms with van der Waals surface area (Å²) in [5.74, 6) is -1.56. The van der Waals surface area contributed by atoms with Crippen LogP contribution in [0.25, 0.3) is 0 Å². The topological polar surface area (TPSA) is 80.4 Å². The number of carbonyl (C=O) groups is 2. The molecule has 0 aromatic heterocycles. The fraction of sp³-hybridized carbons (Fsp3) is 0.111. The molecule has 0 aliphatic heterocycles. The second-order valence-corrected chi connectivity index (χ2v) is 2.70. The molecule has 0 saturated carbocycles. The Bertz CT molecular complexity index is 371. The Labute approximate surface area is 75.0 Å². The number of carboxylic acids is 1. The molecule has 1 amide bonds. The molecule has 0 saturated heterocycles. The minimum Gasteiger partial charge on any atom is -0.478 e. The van der Waals surface area contributed by atoms with E-state index in [1.54, 1.807) is 6.92 Å². The van der Waals surface area contributed by atoms with Gasteiger partial charge >= 0.3 is 5.97 Å². The SMILES string of the molecule is Cc1cc(C(=O)O)ccc1C(N)=O. The summed E-state index contributed by atoms with van der Waals surface area (Å²) in [6.07, 6.45) is 0. The molecule has 0 radical (unpaired) electrons. The molecule has 4 nitrogen and oxygen atoms in total. The minimum atomic E-state index is -1.01. The van der Waals surface area contributed by atoms with E-state index >= 15 is 0 Å². The van der Waals surface area contributed by atoms with E-state index in [1.165, 1.54) is 18.2 Å². The van der Waals surface area contributed by atoms with Gasteiger partial charge in [0, 0.05) is 5.56 Å². The Morgan fingerprint density at radius 2 is 2.00 bits per heavy atom. The smallest absolute Gasteiger partial charge is 0.335 e. The van der Waals surface area contributed by atoms with Gasteiger partial charge in [0.05, 0.1) is 5.56 Å². The highest BCUT2D eigenvalue weighted by Gasteiger charge is 2.08. The first kappa shape index (κ1) is 9.25. The predicted octanol–water partition coefficient (Wildman–Crippen LogP) is 0.792. The van der Waals surface area contributed by atoms with Gasteiger partial charge in [0.2, 0.25) is 5.91 Å². The second kappa shape index (κ2) is 3.26. The summed E-state index contributed by atoms with van der Waals surface area (Å²) in [7, 11) is 0. The van der Waals surface area contributed by atoms with Gasteiger partial charge in [0.1, 0.15) is 0 Å². The third-order valence-corrected chi connectivity index (χ3v) is 1.74. The number of primary amides is 1. The largest absolute Gasteiger partial charge is 0.478 e. The molecule has 4 heteroatoms. The van der Waals surface area contributed by atoms with Crippen LogP contribution >= 0.6 is 0 Å². The van der Waals surface area contributed by atoms with Gasteiger partial charge in [0.25, 0.3) is 0 Å². The summed E-state index contributed by atoms with van der Waals surface area (Å²) in [4.78, 5) is 21.3. The van der Waals surface area contributed by atoms with Crippen molar-refractivity contribution in [3.63, 3.8) is 0 Å². The maximum atomic E-state index is 10.8. The molecule has 0 heterocycles. The maximum absolute atomic E-state index is 10.8. The highest BCUT2D eigenvalue weighted by Crippen LogP contribution is 2.10. The molecule has 1 aromatic carbocycles. The monoisotopic (exact) mass is 179 g/mol. The number of carbonyl (C=O) groups excluding carboxylic acids is 1. The summed E-state index contributed by atoms with van der Waals surface area (Å²) in [6, 6.07) is 4.19. The van der Waals surface area contributed by atoms with Crippen molar-refractivity contribution in [1.29, 1.82) is 0 Å². The van der Waals surface area contributed by atoms with Gasteiger partial charge in [-0.05, 0) is 30.7 Å². The molecule has 0 fully saturated rings. The van der Waals surface area contributed by atoms with Crippen molar-refractivity contribution in [2.24, 2.45) is 5.73 Å². The summed E-state index contributed by atoms with van der Waals surface area (Å²) in [5.41, 5.74) is 6.14. The van der Waals surface area contributed by atoms with E-state index in [1.807, 2.05) is 0 Å². The Morgan fingerprint density at radius 3 is 2.38 bits per heavy atom. The highest BCUT2D eigenvalue weighted by molar-refractivity contribution is 5.96. The van der Waals surface area contributed by atoms with Crippen LogP contribution in [0.4, 0.5) is 0 Å². The van der Waals surface area contributed by atoms with Crippen LogP contribution in [-0.4, -0.2) is 17.0 Å². The number of amides is 1. The standard InChI is InChI=1S/C9H9NO3/c1-5-4-6(9(12)13)2-3-7(5)8(10)11/h2-4H,1H3,(H2,10,11)(H,12,13). The van der Waals surface area contributed by atoms with Gasteiger partial charge in [-0.2, -0.15) is 0 Å². The summed E-state index contributed by atoms with van der Waals surface area (Å²) >= 11 is 0. The number of benzene rings is 1. The van der Waals surface area contributed by atoms with Gasteiger partial charge in [-0.15, -0.1) is 0 Å². The van der Waals surface area contributed by atoms with Crippen molar-refractivity contribution in [3.8, 4) is 0 Å². The lowest BCUT2D eigenvalue weighted by Crippen LogP contribution is -2.13. The first-order valence-electron chi connectivity index (χ1n) is 3.66. The zero-order valence-corrected chi connectivity index (χ0v) is 7.07. The summed E-state index contributed by atoms with van der Waals surface area (Å²) in [5, 5.41) is 8.62. The summed E-state index contributed by atoms with van der Waals surface area (Å²) in [6.45, 7) is 1.65. The van der Waals surface area contributed by atoms with Crippen LogP contribution in [0.15, 0.2) is 18.2 Å². The van der Waals surface area contributed by atoms with Crippen LogP contribution < -0.4 is 5.73 Å². The predicted molar refractivity (Wildman–Crippen MR) is 46.7 cm³/mol. The molecule has 3 N–H and O–H groups in total. The molecule has 0 atom stereocenters. The molecule has 1 aromatic rings. The average Bonchev–Trinajstić information content (AvgIpc) is 2.03. The molecular weight excluding hydrogens is 170 g/mol. The molecule has 1 rings (SSSR count). The van der Waals surface area contributed by atoms with E-state index in [0.29, 0.717) is 11.1 Å². The number of rotatable bonds is 2. The van der Waals surface area contributed by atoms with E-state index in [0.717, 1.165) is 0 Å². The van der Waals surface area contributed by atoms with Crippen molar-refractivity contribution in [2.75, 3.05) is 0 Å². The third-order valence-electron chi connectivity index (χ3n) is 1.74. The summed E-state index contributed by atoms with van der Waals surface area (Å²) < 4.78 is 0. The normalized spacial score (nSPS) is 9.62. The first-order valence-corrected chi connectivity index (χ1v) is 3.66. The molecular formula is C9H9NO3. The lowest BCUT2D eigenvalue weighted by atomic mass is 10.0. The van der Waals surface area contributed by atoms with Gasteiger partial charge in [-0.3, -0.25) is 4.79 Å². The quantitative estimate of drug-likeness (QED) is 0.704. The zero-order valence-electron chi connectivity index (χ0n) is 7.07. The van der Waals surface area contributed by atoms with E-state index < -0.39 is 11.9 Å². The lowest BCUT2D eigenvalue weighted by Gasteiger charge is -2.01. The van der Waals surface area contributed by atoms with E-state index in [2.05, 4.69) is 0 Å². The van der Waals surface area contributed by atoms with E-state index in [4.69, 9.17) is 10.8 Å². The Hall–Kier alpha value is -1.84. The Kier molecular flexibility index (Phi) is 2.32. The van der Waals surface area contributed by atoms with Gasteiger partial charge in [-0.1, -0.05) is 0 Å². The fourth-order valence-electron chi connectivity index (χ4n) is 1.07. The van der Waals surface area contributed by atoms with Crippen molar-refractivity contribution in [2.45, 2.75) is 6.92 Å². The lowest BCUT2D eigenvalue weighted by molar-refractivity contribution is 0.0696. The molecule has 0 unspecified atom stereocenters. The van der Waals surface area contributed by atoms with Crippen molar-refractivity contribution < 1.29 is 14.7 Å². The van der Waals surface area contributed by atoms with Crippen LogP contribution in [0, 0.1) is 6.92 Å². The van der Waals surface area contributed by atoms with Crippen molar-refractivity contribution in [3.05, 3.63) is 34.9 Å². The number of hydrogen-bond donors (Lipinski definition) is 2. The molecule has 0 aliphatic rings. The molecule has 68 valence electrons. The minimum absolute atomic E-state index is 0.155. The Morgan fingerprint density at radius 1 is 1.38 bits per heavy atom. The van der Waals surface area contributed by atoms with E-state index in [9.17, 15) is 9.59 Å². The molecule has 13 heavy (non-hydrogen) atoms. The van der Waals surface area contributed by atoms with Crippen molar-refractivity contribution >= 4 is 11.9 Å². The number of hydrogen-bond acceptors (Lipinski definition) is 2. The number of aromatic carboxylic acids is 1. The molecule has 0 aliphatic carbocycles. The van der Waals surface area contributed by atoms with Gasteiger partial charge in [-0.25, -0.2) is 4.79 Å². The average molecular weight is 179 g/mol. The first-order chi connectivity index (χ1) is 6.02. The Balaban J connectivity index is 3.20. The second-order valence-electron chi connectivity index (χ2n) is 2.70. The van der Waals surface area contributed by atoms with Gasteiger partial charge < -0.3 is 10.8 Å². The fourth-order valence-corrected chi connectivity index (χ4v) is 1.07. The molecule has 0 bridgehead atoms. The zero-order chi connectivity index (χ0) is 10.0. The number of carboxylic acid groups (broad SMARTS) is 1. The van der Waals surface area contributed by atoms with Crippen LogP contribution in [0.5, 0.6) is 0 Å². The maximum Gasteiger partial charge on any atom is 0.335 e. The highest BCUT2D eigenvalue weighted by atomic mass is 16.4. The third kappa shape index (κ3) is 1.84. The van der Waals surface area contributed by atoms with Crippen molar-refractivity contribution in [1.82, 2.24) is 0 Å². The van der Waals surface area contributed by atoms with Crippen LogP contribution in [0.1, 0.15) is 26.3 Å². The van der Waals surface area contributed by atoms with E-state index in [-0.39, 0.29) is 5.56 Å². The van der Waals surface area contributed by atoms with Crippen LogP contribution in [-0.2, 0) is 0 Å². The van der Waals surface area contributed by atoms with Crippen LogP contribution in [0.2, 0.25) is 0 Å². The number of aryl methyl sites for hydroxylation is 1. The van der Waals surface area contributed by atoms with Gasteiger partial charge in [0.15, 0.2) is 0 Å². The number of nitrogens with two attached hydrogens (primary N) is 1. The van der Waals surface area contributed by atoms with Crippen LogP contribution in [0.3, 0.4) is 0 Å².